The lowest BCUT2D eigenvalue weighted by Crippen LogP contribution is -2.27. The highest BCUT2D eigenvalue weighted by molar-refractivity contribution is 5.03. The largest absolute Gasteiger partial charge is 0.390 e. The molecule has 0 aliphatic heterocycles. The minimum absolute atomic E-state index is 0.0555. The number of aliphatic hydroxyl groups is 1. The molecule has 2 aliphatic carbocycles. The lowest BCUT2D eigenvalue weighted by atomic mass is 10.2. The fourth-order valence-electron chi connectivity index (χ4n) is 2.06. The first-order valence-corrected chi connectivity index (χ1v) is 4.11. The molecule has 64 valence electrons. The molecule has 1 N–H and O–H groups in total. The molecular weight excluding hydrogens is 144 g/mol. The van der Waals surface area contributed by atoms with E-state index in [0.717, 1.165) is 12.3 Å². The van der Waals surface area contributed by atoms with Crippen molar-refractivity contribution in [2.45, 2.75) is 25.0 Å². The number of aliphatic hydroxyl groups excluding tert-OH is 1. The molecule has 0 aromatic carbocycles. The van der Waals surface area contributed by atoms with Gasteiger partial charge < -0.3 is 14.6 Å². The first-order chi connectivity index (χ1) is 5.33. The van der Waals surface area contributed by atoms with Gasteiger partial charge in [0.1, 0.15) is 6.79 Å². The zero-order valence-corrected chi connectivity index (χ0v) is 6.69. The van der Waals surface area contributed by atoms with Crippen molar-refractivity contribution in [2.24, 2.45) is 11.8 Å². The SMILES string of the molecule is COCO[C@H]1[C@@H]2C[C@@H]2C[C@H]1O. The average Bonchev–Trinajstić information content (AvgIpc) is 2.64. The van der Waals surface area contributed by atoms with Crippen LogP contribution in [-0.2, 0) is 9.47 Å². The van der Waals surface area contributed by atoms with Crippen LogP contribution in [-0.4, -0.2) is 31.2 Å². The number of hydrogen-bond acceptors (Lipinski definition) is 3. The molecule has 0 aromatic heterocycles. The van der Waals surface area contributed by atoms with E-state index in [2.05, 4.69) is 0 Å². The molecular formula is C8H14O3. The predicted octanol–water partition coefficient (Wildman–Crippen LogP) is 0.376. The molecule has 0 spiro atoms. The summed E-state index contributed by atoms with van der Waals surface area (Å²) in [5.41, 5.74) is 0. The Labute approximate surface area is 66.3 Å². The maximum atomic E-state index is 9.44. The lowest BCUT2D eigenvalue weighted by molar-refractivity contribution is -0.110. The minimum atomic E-state index is -0.242. The van der Waals surface area contributed by atoms with E-state index >= 15 is 0 Å². The van der Waals surface area contributed by atoms with Crippen LogP contribution in [0.1, 0.15) is 12.8 Å². The van der Waals surface area contributed by atoms with Crippen LogP contribution in [0.3, 0.4) is 0 Å². The van der Waals surface area contributed by atoms with Crippen molar-refractivity contribution in [1.82, 2.24) is 0 Å². The van der Waals surface area contributed by atoms with Gasteiger partial charge in [0.25, 0.3) is 0 Å². The predicted molar refractivity (Wildman–Crippen MR) is 39.0 cm³/mol. The van der Waals surface area contributed by atoms with E-state index in [0.29, 0.717) is 12.7 Å². The molecule has 2 rings (SSSR count). The second-order valence-electron chi connectivity index (χ2n) is 3.50. The minimum Gasteiger partial charge on any atom is -0.390 e. The lowest BCUT2D eigenvalue weighted by Gasteiger charge is -2.17. The van der Waals surface area contributed by atoms with Crippen molar-refractivity contribution in [3.8, 4) is 0 Å². The molecule has 2 aliphatic rings. The zero-order valence-electron chi connectivity index (χ0n) is 6.69. The third-order valence-corrected chi connectivity index (χ3v) is 2.70. The van der Waals surface area contributed by atoms with Gasteiger partial charge >= 0.3 is 0 Å². The topological polar surface area (TPSA) is 38.7 Å². The van der Waals surface area contributed by atoms with E-state index in [9.17, 15) is 5.11 Å². The van der Waals surface area contributed by atoms with E-state index in [1.807, 2.05) is 0 Å². The van der Waals surface area contributed by atoms with Crippen LogP contribution in [0.25, 0.3) is 0 Å². The maximum Gasteiger partial charge on any atom is 0.146 e. The molecule has 0 heterocycles. The Bertz CT molecular complexity index is 146. The van der Waals surface area contributed by atoms with Crippen LogP contribution in [0.5, 0.6) is 0 Å². The van der Waals surface area contributed by atoms with Crippen LogP contribution in [0.4, 0.5) is 0 Å². The van der Waals surface area contributed by atoms with Crippen molar-refractivity contribution in [2.75, 3.05) is 13.9 Å². The summed E-state index contributed by atoms with van der Waals surface area (Å²) in [6.07, 6.45) is 1.98. The number of methoxy groups -OCH3 is 1. The molecule has 11 heavy (non-hydrogen) atoms. The van der Waals surface area contributed by atoms with E-state index in [-0.39, 0.29) is 12.2 Å². The van der Waals surface area contributed by atoms with Gasteiger partial charge in [-0.25, -0.2) is 0 Å². The Kier molecular flexibility index (Phi) is 1.87. The quantitative estimate of drug-likeness (QED) is 0.603. The smallest absolute Gasteiger partial charge is 0.146 e. The molecule has 0 amide bonds. The van der Waals surface area contributed by atoms with Gasteiger partial charge in [-0.15, -0.1) is 0 Å². The third-order valence-electron chi connectivity index (χ3n) is 2.70. The van der Waals surface area contributed by atoms with Crippen molar-refractivity contribution < 1.29 is 14.6 Å². The van der Waals surface area contributed by atoms with Gasteiger partial charge in [-0.2, -0.15) is 0 Å². The average molecular weight is 158 g/mol. The van der Waals surface area contributed by atoms with Crippen molar-refractivity contribution >= 4 is 0 Å². The Morgan fingerprint density at radius 2 is 2.27 bits per heavy atom. The third kappa shape index (κ3) is 1.28. The van der Waals surface area contributed by atoms with Gasteiger partial charge in [-0.1, -0.05) is 0 Å². The summed E-state index contributed by atoms with van der Waals surface area (Å²) in [6.45, 7) is 0.310. The summed E-state index contributed by atoms with van der Waals surface area (Å²) in [5, 5.41) is 9.44. The van der Waals surface area contributed by atoms with Gasteiger partial charge in [-0.05, 0) is 24.7 Å². The Morgan fingerprint density at radius 3 is 2.82 bits per heavy atom. The number of hydrogen-bond donors (Lipinski definition) is 1. The second kappa shape index (κ2) is 2.73. The van der Waals surface area contributed by atoms with Gasteiger partial charge in [0.2, 0.25) is 0 Å². The molecule has 0 saturated heterocycles. The van der Waals surface area contributed by atoms with Crippen LogP contribution in [0, 0.1) is 11.8 Å². The highest BCUT2D eigenvalue weighted by atomic mass is 16.7. The molecule has 4 atom stereocenters. The number of rotatable bonds is 3. The zero-order chi connectivity index (χ0) is 7.84. The number of ether oxygens (including phenoxy) is 2. The first-order valence-electron chi connectivity index (χ1n) is 4.11. The summed E-state index contributed by atoms with van der Waals surface area (Å²) < 4.78 is 10.1. The van der Waals surface area contributed by atoms with E-state index in [1.54, 1.807) is 7.11 Å². The normalized spacial score (nSPS) is 47.5. The molecule has 0 aromatic rings. The first kappa shape index (κ1) is 7.53. The maximum absolute atomic E-state index is 9.44. The van der Waals surface area contributed by atoms with Gasteiger partial charge in [0.05, 0.1) is 12.2 Å². The summed E-state index contributed by atoms with van der Waals surface area (Å²) in [6, 6.07) is 0. The van der Waals surface area contributed by atoms with E-state index < -0.39 is 0 Å². The van der Waals surface area contributed by atoms with Crippen molar-refractivity contribution in [1.29, 1.82) is 0 Å². The highest BCUT2D eigenvalue weighted by Crippen LogP contribution is 2.52. The summed E-state index contributed by atoms with van der Waals surface area (Å²) in [4.78, 5) is 0. The van der Waals surface area contributed by atoms with Gasteiger partial charge in [0, 0.05) is 7.11 Å². The van der Waals surface area contributed by atoms with E-state index in [4.69, 9.17) is 9.47 Å². The molecule has 2 saturated carbocycles. The van der Waals surface area contributed by atoms with Crippen molar-refractivity contribution in [3.05, 3.63) is 0 Å². The van der Waals surface area contributed by atoms with Crippen molar-refractivity contribution in [3.63, 3.8) is 0 Å². The number of fused-ring (bicyclic) bond motifs is 1. The standard InChI is InChI=1S/C8H14O3/c1-10-4-11-8-6-2-5(6)3-7(8)9/h5-9H,2-4H2,1H3/t5-,6-,7-,8+/m1/s1. The fourth-order valence-corrected chi connectivity index (χ4v) is 2.06. The summed E-state index contributed by atoms with van der Waals surface area (Å²) in [7, 11) is 1.60. The van der Waals surface area contributed by atoms with Crippen LogP contribution in [0.2, 0.25) is 0 Å². The van der Waals surface area contributed by atoms with Gasteiger partial charge in [0.15, 0.2) is 0 Å². The van der Waals surface area contributed by atoms with E-state index in [1.165, 1.54) is 6.42 Å². The molecule has 3 nitrogen and oxygen atoms in total. The summed E-state index contributed by atoms with van der Waals surface area (Å²) in [5.74, 6) is 1.37. The summed E-state index contributed by atoms with van der Waals surface area (Å²) >= 11 is 0. The van der Waals surface area contributed by atoms with Crippen LogP contribution in [0.15, 0.2) is 0 Å². The molecule has 0 unspecified atom stereocenters. The second-order valence-corrected chi connectivity index (χ2v) is 3.50. The monoisotopic (exact) mass is 158 g/mol. The van der Waals surface area contributed by atoms with Crippen LogP contribution >= 0.6 is 0 Å². The molecule has 3 heteroatoms. The Morgan fingerprint density at radius 1 is 1.45 bits per heavy atom. The van der Waals surface area contributed by atoms with Gasteiger partial charge in [-0.3, -0.25) is 0 Å². The fraction of sp³-hybridized carbons (Fsp3) is 1.00. The highest BCUT2D eigenvalue weighted by Gasteiger charge is 2.53. The molecule has 0 bridgehead atoms. The molecule has 0 radical (unpaired) electrons. The van der Waals surface area contributed by atoms with Crippen LogP contribution < -0.4 is 0 Å². The Balaban J connectivity index is 1.81. The molecule has 2 fully saturated rings. The Hall–Kier alpha value is -0.120.